The van der Waals surface area contributed by atoms with E-state index in [4.69, 9.17) is 4.74 Å². The molecule has 3 nitrogen and oxygen atoms in total. The van der Waals surface area contributed by atoms with Crippen molar-refractivity contribution < 1.29 is 22.7 Å². The number of nitrogens with one attached hydrogen (secondary N) is 1. The average Bonchev–Trinajstić information content (AvgIpc) is 2.28. The topological polar surface area (TPSA) is 38.3 Å². The maximum atomic E-state index is 12.7. The summed E-state index contributed by atoms with van der Waals surface area (Å²) in [5.41, 5.74) is -1.23. The molecule has 17 heavy (non-hydrogen) atoms. The molecule has 0 aromatic heterocycles. The Balaban J connectivity index is 3.16. The normalized spacial score (nSPS) is 11.1. The minimum atomic E-state index is -4.55. The van der Waals surface area contributed by atoms with Crippen molar-refractivity contribution >= 4 is 27.5 Å². The molecular formula is C10H9BrF3NO2. The molecule has 1 rings (SSSR count). The molecule has 94 valence electrons. The number of amides is 1. The van der Waals surface area contributed by atoms with E-state index in [1.165, 1.54) is 13.2 Å². The Hall–Kier alpha value is -1.24. The van der Waals surface area contributed by atoms with Crippen LogP contribution >= 0.6 is 15.9 Å². The Bertz CT molecular complexity index is 421. The maximum absolute atomic E-state index is 12.7. The van der Waals surface area contributed by atoms with Crippen molar-refractivity contribution in [1.29, 1.82) is 0 Å². The summed E-state index contributed by atoms with van der Waals surface area (Å²) in [6.07, 6.45) is -4.55. The van der Waals surface area contributed by atoms with E-state index in [1.807, 2.05) is 0 Å². The van der Waals surface area contributed by atoms with E-state index in [0.29, 0.717) is 0 Å². The molecule has 0 aliphatic heterocycles. The molecule has 0 aliphatic rings. The molecule has 1 aromatic carbocycles. The van der Waals surface area contributed by atoms with Crippen molar-refractivity contribution in [1.82, 2.24) is 0 Å². The van der Waals surface area contributed by atoms with Gasteiger partial charge in [0.1, 0.15) is 5.75 Å². The zero-order valence-corrected chi connectivity index (χ0v) is 10.4. The number of rotatable bonds is 3. The largest absolute Gasteiger partial charge is 0.497 e. The molecule has 0 unspecified atom stereocenters. The van der Waals surface area contributed by atoms with Crippen molar-refractivity contribution in [2.75, 3.05) is 17.8 Å². The number of benzene rings is 1. The minimum Gasteiger partial charge on any atom is -0.497 e. The maximum Gasteiger partial charge on any atom is 0.418 e. The first kappa shape index (κ1) is 13.8. The molecule has 0 aliphatic carbocycles. The number of alkyl halides is 4. The standard InChI is InChI=1S/C10H9BrF3NO2/c1-17-6-2-3-8(15-9(16)5-11)7(4-6)10(12,13)14/h2-4H,5H2,1H3,(H,15,16). The highest BCUT2D eigenvalue weighted by Gasteiger charge is 2.34. The van der Waals surface area contributed by atoms with Crippen molar-refractivity contribution in [2.24, 2.45) is 0 Å². The van der Waals surface area contributed by atoms with E-state index < -0.39 is 17.6 Å². The van der Waals surface area contributed by atoms with Gasteiger partial charge in [0.05, 0.1) is 23.7 Å². The quantitative estimate of drug-likeness (QED) is 0.871. The number of halogens is 4. The Morgan fingerprint density at radius 1 is 1.47 bits per heavy atom. The summed E-state index contributed by atoms with van der Waals surface area (Å²) in [4.78, 5) is 11.1. The SMILES string of the molecule is COc1ccc(NC(=O)CBr)c(C(F)(F)F)c1. The van der Waals surface area contributed by atoms with Crippen LogP contribution in [0.4, 0.5) is 18.9 Å². The summed E-state index contributed by atoms with van der Waals surface area (Å²) >= 11 is 2.86. The van der Waals surface area contributed by atoms with Crippen LogP contribution in [0.15, 0.2) is 18.2 Å². The zero-order valence-electron chi connectivity index (χ0n) is 8.77. The van der Waals surface area contributed by atoms with Gasteiger partial charge in [-0.25, -0.2) is 0 Å². The van der Waals surface area contributed by atoms with Gasteiger partial charge in [0, 0.05) is 0 Å². The number of carbonyl (C=O) groups is 1. The molecule has 1 amide bonds. The summed E-state index contributed by atoms with van der Waals surface area (Å²) < 4.78 is 42.8. The summed E-state index contributed by atoms with van der Waals surface area (Å²) in [6.45, 7) is 0. The smallest absolute Gasteiger partial charge is 0.418 e. The number of ether oxygens (including phenoxy) is 1. The van der Waals surface area contributed by atoms with Gasteiger partial charge < -0.3 is 10.1 Å². The fraction of sp³-hybridized carbons (Fsp3) is 0.300. The van der Waals surface area contributed by atoms with Gasteiger partial charge in [-0.05, 0) is 18.2 Å². The summed E-state index contributed by atoms with van der Waals surface area (Å²) in [5.74, 6) is -0.477. The molecule has 0 saturated heterocycles. The third-order valence-corrected chi connectivity index (χ3v) is 2.44. The van der Waals surface area contributed by atoms with Crippen LogP contribution in [-0.4, -0.2) is 18.3 Å². The lowest BCUT2D eigenvalue weighted by atomic mass is 10.1. The van der Waals surface area contributed by atoms with Gasteiger partial charge in [0.15, 0.2) is 0 Å². The van der Waals surface area contributed by atoms with Crippen molar-refractivity contribution in [2.45, 2.75) is 6.18 Å². The van der Waals surface area contributed by atoms with E-state index in [0.717, 1.165) is 12.1 Å². The van der Waals surface area contributed by atoms with Crippen molar-refractivity contribution in [3.8, 4) is 5.75 Å². The second-order valence-corrected chi connectivity index (χ2v) is 3.65. The third-order valence-electron chi connectivity index (χ3n) is 1.93. The molecule has 0 spiro atoms. The van der Waals surface area contributed by atoms with E-state index in [1.54, 1.807) is 0 Å². The molecule has 0 heterocycles. The van der Waals surface area contributed by atoms with Gasteiger partial charge in [-0.3, -0.25) is 4.79 Å². The van der Waals surface area contributed by atoms with Crippen LogP contribution in [0, 0.1) is 0 Å². The lowest BCUT2D eigenvalue weighted by Crippen LogP contribution is -2.17. The number of methoxy groups -OCH3 is 1. The monoisotopic (exact) mass is 311 g/mol. The highest BCUT2D eigenvalue weighted by molar-refractivity contribution is 9.09. The molecule has 0 atom stereocenters. The van der Waals surface area contributed by atoms with Gasteiger partial charge >= 0.3 is 6.18 Å². The van der Waals surface area contributed by atoms with Gasteiger partial charge in [-0.2, -0.15) is 13.2 Å². The van der Waals surface area contributed by atoms with Gasteiger partial charge in [0.2, 0.25) is 5.91 Å². The number of hydrogen-bond acceptors (Lipinski definition) is 2. The molecular weight excluding hydrogens is 303 g/mol. The van der Waals surface area contributed by atoms with Gasteiger partial charge in [-0.15, -0.1) is 0 Å². The first-order chi connectivity index (χ1) is 7.88. The number of anilines is 1. The van der Waals surface area contributed by atoms with Crippen LogP contribution in [0.3, 0.4) is 0 Å². The van der Waals surface area contributed by atoms with E-state index in [2.05, 4.69) is 21.2 Å². The molecule has 7 heteroatoms. The lowest BCUT2D eigenvalue weighted by molar-refractivity contribution is -0.137. The highest BCUT2D eigenvalue weighted by Crippen LogP contribution is 2.37. The second kappa shape index (κ2) is 5.39. The first-order valence-electron chi connectivity index (χ1n) is 4.49. The summed E-state index contributed by atoms with van der Waals surface area (Å²) in [7, 11) is 1.27. The van der Waals surface area contributed by atoms with E-state index in [9.17, 15) is 18.0 Å². The Morgan fingerprint density at radius 3 is 2.59 bits per heavy atom. The summed E-state index contributed by atoms with van der Waals surface area (Å²) in [5, 5.41) is 2.08. The van der Waals surface area contributed by atoms with Crippen molar-refractivity contribution in [3.63, 3.8) is 0 Å². The van der Waals surface area contributed by atoms with Gasteiger partial charge in [-0.1, -0.05) is 15.9 Å². The highest BCUT2D eigenvalue weighted by atomic mass is 79.9. The van der Waals surface area contributed by atoms with Crippen LogP contribution in [0.2, 0.25) is 0 Å². The molecule has 0 fully saturated rings. The van der Waals surface area contributed by atoms with Crippen LogP contribution in [0.25, 0.3) is 0 Å². The fourth-order valence-corrected chi connectivity index (χ4v) is 1.32. The number of hydrogen-bond donors (Lipinski definition) is 1. The summed E-state index contributed by atoms with van der Waals surface area (Å²) in [6, 6.07) is 3.34. The Labute approximate surface area is 104 Å². The predicted molar refractivity (Wildman–Crippen MR) is 60.4 cm³/mol. The average molecular weight is 312 g/mol. The van der Waals surface area contributed by atoms with Gasteiger partial charge in [0.25, 0.3) is 0 Å². The lowest BCUT2D eigenvalue weighted by Gasteiger charge is -2.14. The Morgan fingerprint density at radius 2 is 2.12 bits per heavy atom. The van der Waals surface area contributed by atoms with Crippen LogP contribution in [0.1, 0.15) is 5.56 Å². The zero-order chi connectivity index (χ0) is 13.1. The van der Waals surface area contributed by atoms with E-state index >= 15 is 0 Å². The van der Waals surface area contributed by atoms with Crippen LogP contribution < -0.4 is 10.1 Å². The fourth-order valence-electron chi connectivity index (χ4n) is 1.18. The molecule has 0 saturated carbocycles. The number of carbonyl (C=O) groups excluding carboxylic acids is 1. The second-order valence-electron chi connectivity index (χ2n) is 3.09. The molecule has 0 radical (unpaired) electrons. The predicted octanol–water partition coefficient (Wildman–Crippen LogP) is 3.05. The van der Waals surface area contributed by atoms with Crippen LogP contribution in [0.5, 0.6) is 5.75 Å². The van der Waals surface area contributed by atoms with Crippen molar-refractivity contribution in [3.05, 3.63) is 23.8 Å². The molecule has 1 N–H and O–H groups in total. The minimum absolute atomic E-state index is 0.0731. The third kappa shape index (κ3) is 3.62. The van der Waals surface area contributed by atoms with Crippen LogP contribution in [-0.2, 0) is 11.0 Å². The first-order valence-corrected chi connectivity index (χ1v) is 5.61. The molecule has 0 bridgehead atoms. The molecule has 1 aromatic rings. The van der Waals surface area contributed by atoms with E-state index in [-0.39, 0.29) is 16.8 Å². The Kier molecular flexibility index (Phi) is 4.39.